The summed E-state index contributed by atoms with van der Waals surface area (Å²) in [6.07, 6.45) is 7.81. The highest BCUT2D eigenvalue weighted by Gasteiger charge is 2.33. The summed E-state index contributed by atoms with van der Waals surface area (Å²) in [5, 5.41) is 42.3. The van der Waals surface area contributed by atoms with E-state index in [1.807, 2.05) is 32.9 Å². The third kappa shape index (κ3) is 6.30. The summed E-state index contributed by atoms with van der Waals surface area (Å²) >= 11 is 0. The smallest absolute Gasteiger partial charge is 0.174 e. The van der Waals surface area contributed by atoms with E-state index in [9.17, 15) is 25.2 Å². The Morgan fingerprint density at radius 3 is 2.28 bits per heavy atom. The summed E-state index contributed by atoms with van der Waals surface area (Å²) in [5.41, 5.74) is 4.90. The molecule has 4 N–H and O–H groups in total. The van der Waals surface area contributed by atoms with Crippen molar-refractivity contribution in [2.24, 2.45) is 0 Å². The van der Waals surface area contributed by atoms with Crippen LogP contribution in [0.3, 0.4) is 0 Å². The summed E-state index contributed by atoms with van der Waals surface area (Å²) in [5.74, 6) is -0.958. The van der Waals surface area contributed by atoms with Crippen LogP contribution in [0.5, 0.6) is 28.7 Å². The number of fused-ring (bicyclic) bond motifs is 1. The van der Waals surface area contributed by atoms with E-state index in [1.54, 1.807) is 6.07 Å². The maximum absolute atomic E-state index is 12.9. The van der Waals surface area contributed by atoms with Crippen molar-refractivity contribution in [2.45, 2.75) is 72.8 Å². The van der Waals surface area contributed by atoms with E-state index in [1.165, 1.54) is 11.6 Å². The number of hydrogen-bond donors (Lipinski definition) is 4. The molecular formula is C30H36O6. The third-order valence-corrected chi connectivity index (χ3v) is 6.29. The number of aromatic hydroxyl groups is 4. The lowest BCUT2D eigenvalue weighted by Crippen LogP contribution is -2.21. The average Bonchev–Trinajstić information content (AvgIpc) is 2.77. The predicted octanol–water partition coefficient (Wildman–Crippen LogP) is 6.96. The first kappa shape index (κ1) is 26.9. The van der Waals surface area contributed by atoms with E-state index < -0.39 is 6.10 Å². The number of carbonyl (C=O) groups excluding carboxylic acids is 1. The first-order chi connectivity index (χ1) is 17.0. The van der Waals surface area contributed by atoms with Crippen molar-refractivity contribution in [1.82, 2.24) is 0 Å². The lowest BCUT2D eigenvalue weighted by Gasteiger charge is -2.28. The highest BCUT2D eigenvalue weighted by molar-refractivity contribution is 6.02. The first-order valence-corrected chi connectivity index (χ1v) is 12.2. The Kier molecular flexibility index (Phi) is 8.51. The van der Waals surface area contributed by atoms with Crippen LogP contribution in [0.2, 0.25) is 0 Å². The van der Waals surface area contributed by atoms with E-state index in [4.69, 9.17) is 4.74 Å². The number of hydrogen-bond acceptors (Lipinski definition) is 6. The molecule has 0 unspecified atom stereocenters. The van der Waals surface area contributed by atoms with Crippen molar-refractivity contribution < 1.29 is 30.0 Å². The Bertz CT molecular complexity index is 1240. The van der Waals surface area contributed by atoms with Crippen LogP contribution in [0.15, 0.2) is 53.1 Å². The van der Waals surface area contributed by atoms with Crippen LogP contribution in [0, 0.1) is 0 Å². The SMILES string of the molecule is CC(C)=CCCC(C)=CCc1c(O)c(CC=C(C)C)cc([C@H]2CC(=O)c3c(O)cc(O)cc3O2)c1O. The molecule has 0 saturated heterocycles. The van der Waals surface area contributed by atoms with Gasteiger partial charge in [-0.25, -0.2) is 0 Å². The number of phenolic OH excluding ortho intramolecular Hbond substituents is 4. The van der Waals surface area contributed by atoms with Crippen molar-refractivity contribution in [1.29, 1.82) is 0 Å². The Balaban J connectivity index is 2.02. The summed E-state index contributed by atoms with van der Waals surface area (Å²) in [6.45, 7) is 10.1. The molecule has 6 heteroatoms. The number of benzene rings is 2. The van der Waals surface area contributed by atoms with Gasteiger partial charge >= 0.3 is 0 Å². The van der Waals surface area contributed by atoms with Gasteiger partial charge in [0.2, 0.25) is 0 Å². The molecular weight excluding hydrogens is 456 g/mol. The van der Waals surface area contributed by atoms with Crippen LogP contribution in [0.1, 0.15) is 87.0 Å². The fraction of sp³-hybridized carbons (Fsp3) is 0.367. The zero-order chi connectivity index (χ0) is 26.6. The van der Waals surface area contributed by atoms with Crippen molar-refractivity contribution in [3.8, 4) is 28.7 Å². The Hall–Kier alpha value is -3.67. The second kappa shape index (κ2) is 11.4. The number of rotatable bonds is 8. The van der Waals surface area contributed by atoms with Gasteiger partial charge in [0.05, 0.1) is 6.42 Å². The molecule has 1 aliphatic heterocycles. The van der Waals surface area contributed by atoms with Gasteiger partial charge in [-0.05, 0) is 71.9 Å². The average molecular weight is 493 g/mol. The maximum Gasteiger partial charge on any atom is 0.174 e. The molecule has 3 rings (SSSR count). The number of Topliss-reactive ketones (excluding diaryl/α,β-unsaturated/α-hetero) is 1. The van der Waals surface area contributed by atoms with Crippen LogP contribution < -0.4 is 4.74 Å². The fourth-order valence-corrected chi connectivity index (χ4v) is 4.28. The molecule has 0 amide bonds. The Labute approximate surface area is 212 Å². The van der Waals surface area contributed by atoms with Crippen molar-refractivity contribution in [3.05, 3.63) is 75.4 Å². The summed E-state index contributed by atoms with van der Waals surface area (Å²) < 4.78 is 5.99. The minimum atomic E-state index is -0.834. The van der Waals surface area contributed by atoms with E-state index in [0.717, 1.165) is 30.1 Å². The number of phenols is 4. The van der Waals surface area contributed by atoms with Crippen LogP contribution in [0.25, 0.3) is 0 Å². The normalized spacial score (nSPS) is 15.2. The van der Waals surface area contributed by atoms with Crippen molar-refractivity contribution in [2.75, 3.05) is 0 Å². The molecule has 2 aromatic carbocycles. The van der Waals surface area contributed by atoms with Crippen LogP contribution >= 0.6 is 0 Å². The van der Waals surface area contributed by atoms with Crippen molar-refractivity contribution in [3.63, 3.8) is 0 Å². The lowest BCUT2D eigenvalue weighted by atomic mass is 9.90. The van der Waals surface area contributed by atoms with Gasteiger partial charge in [0.15, 0.2) is 5.78 Å². The van der Waals surface area contributed by atoms with E-state index in [0.29, 0.717) is 29.5 Å². The van der Waals surface area contributed by atoms with Crippen LogP contribution in [0.4, 0.5) is 0 Å². The number of ether oxygens (including phenoxy) is 1. The third-order valence-electron chi connectivity index (χ3n) is 6.29. The van der Waals surface area contributed by atoms with Gasteiger partial charge in [-0.3, -0.25) is 4.79 Å². The van der Waals surface area contributed by atoms with Gasteiger partial charge in [0.1, 0.15) is 40.4 Å². The Morgan fingerprint density at radius 1 is 0.917 bits per heavy atom. The molecule has 0 radical (unpaired) electrons. The summed E-state index contributed by atoms with van der Waals surface area (Å²) in [4.78, 5) is 12.9. The van der Waals surface area contributed by atoms with Gasteiger partial charge in [-0.2, -0.15) is 0 Å². The molecule has 36 heavy (non-hydrogen) atoms. The van der Waals surface area contributed by atoms with Gasteiger partial charge in [-0.1, -0.05) is 34.9 Å². The molecule has 2 aromatic rings. The van der Waals surface area contributed by atoms with Gasteiger partial charge < -0.3 is 25.2 Å². The molecule has 1 atom stereocenters. The highest BCUT2D eigenvalue weighted by atomic mass is 16.5. The minimum Gasteiger partial charge on any atom is -0.508 e. The van der Waals surface area contributed by atoms with E-state index >= 15 is 0 Å². The minimum absolute atomic E-state index is 0.0160. The molecule has 0 aliphatic carbocycles. The maximum atomic E-state index is 12.9. The fourth-order valence-electron chi connectivity index (χ4n) is 4.28. The highest BCUT2D eigenvalue weighted by Crippen LogP contribution is 2.46. The molecule has 0 bridgehead atoms. The van der Waals surface area contributed by atoms with Crippen molar-refractivity contribution >= 4 is 5.78 Å². The number of carbonyl (C=O) groups is 1. The summed E-state index contributed by atoms with van der Waals surface area (Å²) in [6, 6.07) is 4.05. The molecule has 1 aliphatic rings. The van der Waals surface area contributed by atoms with Gasteiger partial charge in [0, 0.05) is 23.3 Å². The lowest BCUT2D eigenvalue weighted by molar-refractivity contribution is 0.0842. The first-order valence-electron chi connectivity index (χ1n) is 12.2. The van der Waals surface area contributed by atoms with E-state index in [2.05, 4.69) is 19.9 Å². The molecule has 0 saturated carbocycles. The molecule has 0 spiro atoms. The monoisotopic (exact) mass is 492 g/mol. The molecule has 0 fully saturated rings. The predicted molar refractivity (Wildman–Crippen MR) is 141 cm³/mol. The summed E-state index contributed by atoms with van der Waals surface area (Å²) in [7, 11) is 0. The largest absolute Gasteiger partial charge is 0.508 e. The quantitative estimate of drug-likeness (QED) is 0.297. The van der Waals surface area contributed by atoms with E-state index in [-0.39, 0.29) is 46.5 Å². The molecule has 0 aromatic heterocycles. The Morgan fingerprint density at radius 2 is 1.61 bits per heavy atom. The standard InChI is InChI=1S/C30H36O6/c1-17(2)7-6-8-19(5)10-12-22-29(34)20(11-9-18(3)4)13-23(30(22)35)26-16-25(33)28-24(32)14-21(31)15-27(28)36-26/h7,9-10,13-15,26,31-32,34-35H,6,8,11-12,16H2,1-5H3/t26-/m1/s1. The van der Waals surface area contributed by atoms with Gasteiger partial charge in [-0.15, -0.1) is 0 Å². The molecule has 1 heterocycles. The number of ketones is 1. The number of allylic oxidation sites excluding steroid dienone is 6. The van der Waals surface area contributed by atoms with Crippen LogP contribution in [-0.2, 0) is 12.8 Å². The zero-order valence-corrected chi connectivity index (χ0v) is 21.7. The second-order valence-electron chi connectivity index (χ2n) is 9.93. The second-order valence-corrected chi connectivity index (χ2v) is 9.93. The molecule has 6 nitrogen and oxygen atoms in total. The van der Waals surface area contributed by atoms with Gasteiger partial charge in [0.25, 0.3) is 0 Å². The van der Waals surface area contributed by atoms with Crippen LogP contribution in [-0.4, -0.2) is 26.2 Å². The topological polar surface area (TPSA) is 107 Å². The molecule has 192 valence electrons. The zero-order valence-electron chi connectivity index (χ0n) is 21.7.